The van der Waals surface area contributed by atoms with E-state index < -0.39 is 5.97 Å². The van der Waals surface area contributed by atoms with Gasteiger partial charge in [-0.15, -0.1) is 0 Å². The van der Waals surface area contributed by atoms with E-state index in [0.29, 0.717) is 18.4 Å². The van der Waals surface area contributed by atoms with E-state index >= 15 is 0 Å². The van der Waals surface area contributed by atoms with Crippen molar-refractivity contribution in [3.63, 3.8) is 0 Å². The van der Waals surface area contributed by atoms with Crippen LogP contribution in [0.4, 0.5) is 0 Å². The maximum absolute atomic E-state index is 12.1. The fraction of sp³-hybridized carbons (Fsp3) is 0.667. The lowest BCUT2D eigenvalue weighted by Crippen LogP contribution is -2.53. The van der Waals surface area contributed by atoms with Crippen LogP contribution in [-0.4, -0.2) is 23.5 Å². The van der Waals surface area contributed by atoms with Crippen molar-refractivity contribution in [3.8, 4) is 0 Å². The number of rotatable bonds is 6. The normalized spacial score (nSPS) is 29.1. The number of benzene rings is 1. The molecular weight excluding hydrogens is 350 g/mol. The van der Waals surface area contributed by atoms with Crippen LogP contribution in [-0.2, 0) is 21.4 Å². The maximum atomic E-state index is 12.1. The molecule has 0 unspecified atom stereocenters. The monoisotopic (exact) mass is 385 g/mol. The molecule has 0 aliphatic heterocycles. The molecule has 0 radical (unpaired) electrons. The first-order valence-corrected chi connectivity index (χ1v) is 10.8. The minimum atomic E-state index is -0.920. The fourth-order valence-electron chi connectivity index (χ4n) is 5.82. The average molecular weight is 386 g/mol. The number of hydrogen-bond donors (Lipinski definition) is 2. The van der Waals surface area contributed by atoms with Gasteiger partial charge in [-0.05, 0) is 65.0 Å². The molecule has 1 amide bonds. The first-order valence-electron chi connectivity index (χ1n) is 10.8. The summed E-state index contributed by atoms with van der Waals surface area (Å²) in [4.78, 5) is 22.8. The molecule has 0 aromatic heterocycles. The molecule has 2 aliphatic rings. The summed E-state index contributed by atoms with van der Waals surface area (Å²) in [6, 6.07) is 7.09. The predicted octanol–water partition coefficient (Wildman–Crippen LogP) is 4.80. The van der Waals surface area contributed by atoms with Crippen LogP contribution >= 0.6 is 0 Å². The fourth-order valence-corrected chi connectivity index (χ4v) is 5.82. The van der Waals surface area contributed by atoms with E-state index in [2.05, 4.69) is 51.2 Å². The topological polar surface area (TPSA) is 66.4 Å². The molecule has 2 N–H and O–H groups in total. The van der Waals surface area contributed by atoms with E-state index in [9.17, 15) is 9.59 Å². The lowest BCUT2D eigenvalue weighted by Gasteiger charge is -2.55. The number of carbonyl (C=O) groups is 2. The summed E-state index contributed by atoms with van der Waals surface area (Å²) in [5.41, 5.74) is 4.66. The van der Waals surface area contributed by atoms with Crippen LogP contribution in [0, 0.1) is 11.3 Å². The lowest BCUT2D eigenvalue weighted by molar-refractivity contribution is -0.139. The van der Waals surface area contributed by atoms with Crippen molar-refractivity contribution in [3.05, 3.63) is 34.9 Å². The first-order chi connectivity index (χ1) is 13.2. The van der Waals surface area contributed by atoms with Gasteiger partial charge in [0.2, 0.25) is 5.91 Å². The third-order valence-electron chi connectivity index (χ3n) is 7.42. The van der Waals surface area contributed by atoms with Crippen LogP contribution in [0.2, 0.25) is 0 Å². The van der Waals surface area contributed by atoms with Gasteiger partial charge in [-0.3, -0.25) is 9.59 Å². The highest BCUT2D eigenvalue weighted by Crippen LogP contribution is 2.57. The van der Waals surface area contributed by atoms with Crippen molar-refractivity contribution in [2.24, 2.45) is 11.3 Å². The van der Waals surface area contributed by atoms with Gasteiger partial charge in [-0.1, -0.05) is 52.3 Å². The van der Waals surface area contributed by atoms with Gasteiger partial charge < -0.3 is 10.4 Å². The molecule has 4 nitrogen and oxygen atoms in total. The van der Waals surface area contributed by atoms with Gasteiger partial charge in [0, 0.05) is 13.0 Å². The highest BCUT2D eigenvalue weighted by Gasteiger charge is 2.51. The van der Waals surface area contributed by atoms with E-state index in [1.54, 1.807) is 0 Å². The van der Waals surface area contributed by atoms with Gasteiger partial charge in [0.15, 0.2) is 0 Å². The Bertz CT molecular complexity index is 756. The van der Waals surface area contributed by atoms with Crippen LogP contribution in [0.5, 0.6) is 0 Å². The summed E-state index contributed by atoms with van der Waals surface area (Å²) in [6.45, 7) is 9.89. The zero-order valence-corrected chi connectivity index (χ0v) is 17.8. The maximum Gasteiger partial charge on any atom is 0.303 e. The Morgan fingerprint density at radius 1 is 1.21 bits per heavy atom. The Balaban J connectivity index is 1.79. The Morgan fingerprint density at radius 2 is 1.96 bits per heavy atom. The minimum Gasteiger partial charge on any atom is -0.481 e. The van der Waals surface area contributed by atoms with E-state index in [1.165, 1.54) is 29.5 Å². The average Bonchev–Trinajstić information content (AvgIpc) is 2.64. The Morgan fingerprint density at radius 3 is 2.64 bits per heavy atom. The minimum absolute atomic E-state index is 0.0558. The number of amides is 1. The van der Waals surface area contributed by atoms with Crippen molar-refractivity contribution in [2.45, 2.75) is 84.0 Å². The lowest BCUT2D eigenvalue weighted by atomic mass is 9.49. The second kappa shape index (κ2) is 7.88. The summed E-state index contributed by atoms with van der Waals surface area (Å²) >= 11 is 0. The molecule has 1 saturated carbocycles. The number of carbonyl (C=O) groups excluding carboxylic acids is 1. The molecule has 4 heteroatoms. The second-order valence-electron chi connectivity index (χ2n) is 9.76. The highest BCUT2D eigenvalue weighted by atomic mass is 16.4. The number of fused-ring (bicyclic) bond motifs is 3. The van der Waals surface area contributed by atoms with Crippen LogP contribution < -0.4 is 5.32 Å². The smallest absolute Gasteiger partial charge is 0.303 e. The second-order valence-corrected chi connectivity index (χ2v) is 9.76. The number of carboxylic acid groups (broad SMARTS) is 1. The standard InChI is InChI=1S/C24H35NO3/c1-16(2)17-6-8-19-18(14-17)7-9-20-23(3,12-5-13-24(19,20)4)15-25-21(26)10-11-22(27)28/h6,8,14,16,20H,5,7,9-13,15H2,1-4H3,(H,25,26)(H,27,28)/t20-,23-,24+/m0/s1. The number of carboxylic acids is 1. The molecule has 154 valence electrons. The molecular formula is C24H35NO3. The molecule has 3 atom stereocenters. The first kappa shape index (κ1) is 20.9. The third kappa shape index (κ3) is 3.97. The van der Waals surface area contributed by atoms with Crippen molar-refractivity contribution < 1.29 is 14.7 Å². The summed E-state index contributed by atoms with van der Waals surface area (Å²) in [5.74, 6) is 0.0179. The zero-order chi connectivity index (χ0) is 20.5. The van der Waals surface area contributed by atoms with E-state index in [-0.39, 0.29) is 29.6 Å². The third-order valence-corrected chi connectivity index (χ3v) is 7.42. The van der Waals surface area contributed by atoms with Crippen molar-refractivity contribution in [1.82, 2.24) is 5.32 Å². The van der Waals surface area contributed by atoms with Gasteiger partial charge in [-0.2, -0.15) is 0 Å². The molecule has 1 fully saturated rings. The Labute approximate surface area is 169 Å². The molecule has 1 aromatic rings. The highest BCUT2D eigenvalue weighted by molar-refractivity contribution is 5.80. The molecule has 2 aliphatic carbocycles. The summed E-state index contributed by atoms with van der Waals surface area (Å²) in [6.07, 6.45) is 5.72. The van der Waals surface area contributed by atoms with Crippen LogP contribution in [0.3, 0.4) is 0 Å². The number of hydrogen-bond acceptors (Lipinski definition) is 2. The Kier molecular flexibility index (Phi) is 5.88. The number of aryl methyl sites for hydroxylation is 1. The molecule has 0 heterocycles. The van der Waals surface area contributed by atoms with Gasteiger partial charge in [0.05, 0.1) is 6.42 Å². The summed E-state index contributed by atoms with van der Waals surface area (Å²) < 4.78 is 0. The van der Waals surface area contributed by atoms with Crippen LogP contribution in [0.25, 0.3) is 0 Å². The number of nitrogens with one attached hydrogen (secondary N) is 1. The zero-order valence-electron chi connectivity index (χ0n) is 17.8. The molecule has 0 saturated heterocycles. The van der Waals surface area contributed by atoms with Gasteiger partial charge in [0.1, 0.15) is 0 Å². The Hall–Kier alpha value is -1.84. The largest absolute Gasteiger partial charge is 0.481 e. The summed E-state index contributed by atoms with van der Waals surface area (Å²) in [5, 5.41) is 11.8. The SMILES string of the molecule is CC(C)c1ccc2c(c1)CC[C@H]1[C@](C)(CNC(=O)CCC(=O)O)CCC[C@]21C. The van der Waals surface area contributed by atoms with Crippen molar-refractivity contribution >= 4 is 11.9 Å². The predicted molar refractivity (Wildman–Crippen MR) is 112 cm³/mol. The van der Waals surface area contributed by atoms with Gasteiger partial charge in [0.25, 0.3) is 0 Å². The molecule has 28 heavy (non-hydrogen) atoms. The van der Waals surface area contributed by atoms with Crippen LogP contribution in [0.1, 0.15) is 88.8 Å². The summed E-state index contributed by atoms with van der Waals surface area (Å²) in [7, 11) is 0. The van der Waals surface area contributed by atoms with E-state index in [1.807, 2.05) is 0 Å². The van der Waals surface area contributed by atoms with E-state index in [0.717, 1.165) is 19.3 Å². The van der Waals surface area contributed by atoms with Gasteiger partial charge in [-0.25, -0.2) is 0 Å². The molecule has 0 spiro atoms. The quantitative estimate of drug-likeness (QED) is 0.739. The number of aliphatic carboxylic acids is 1. The van der Waals surface area contributed by atoms with E-state index in [4.69, 9.17) is 5.11 Å². The van der Waals surface area contributed by atoms with Gasteiger partial charge >= 0.3 is 5.97 Å². The van der Waals surface area contributed by atoms with Crippen molar-refractivity contribution in [1.29, 1.82) is 0 Å². The molecule has 1 aromatic carbocycles. The van der Waals surface area contributed by atoms with Crippen LogP contribution in [0.15, 0.2) is 18.2 Å². The molecule has 3 rings (SSSR count). The van der Waals surface area contributed by atoms with Crippen molar-refractivity contribution in [2.75, 3.05) is 6.54 Å². The molecule has 0 bridgehead atoms.